The highest BCUT2D eigenvalue weighted by molar-refractivity contribution is 6.36. The maximum absolute atomic E-state index is 12.7. The molecule has 1 saturated heterocycles. The molecule has 4 nitrogen and oxygen atoms in total. The molecule has 2 aromatic rings. The van der Waals surface area contributed by atoms with Crippen LogP contribution in [0.3, 0.4) is 0 Å². The number of rotatable bonds is 1. The number of halogens is 1. The van der Waals surface area contributed by atoms with Crippen molar-refractivity contribution in [2.75, 3.05) is 13.1 Å². The van der Waals surface area contributed by atoms with Gasteiger partial charge in [0.2, 0.25) is 0 Å². The number of hydrogen-bond donors (Lipinski definition) is 0. The Morgan fingerprint density at radius 2 is 1.83 bits per heavy atom. The predicted octanol–water partition coefficient (Wildman–Crippen LogP) is 3.57. The van der Waals surface area contributed by atoms with Gasteiger partial charge in [0.25, 0.3) is 5.91 Å². The van der Waals surface area contributed by atoms with Crippen LogP contribution in [0.25, 0.3) is 10.9 Å². The standard InChI is InChI=1S/C19H19ClN2O2/c20-18-14-3-1-2-4-16(14)21-17-11-12(5-6-15(17)18)19(24)22-9-7-13(23)8-10-22/h5-6,11H,1-4,7-10H2. The number of amides is 1. The molecule has 1 aromatic carbocycles. The van der Waals surface area contributed by atoms with E-state index < -0.39 is 0 Å². The fraction of sp³-hybridized carbons (Fsp3) is 0.421. The number of benzene rings is 1. The highest BCUT2D eigenvalue weighted by Crippen LogP contribution is 2.33. The molecular formula is C19H19ClN2O2. The van der Waals surface area contributed by atoms with Gasteiger partial charge in [0.05, 0.1) is 10.5 Å². The summed E-state index contributed by atoms with van der Waals surface area (Å²) in [5.74, 6) is 0.206. The molecule has 5 heteroatoms. The number of hydrogen-bond acceptors (Lipinski definition) is 3. The molecule has 0 saturated carbocycles. The molecule has 0 atom stereocenters. The molecule has 2 aliphatic rings. The van der Waals surface area contributed by atoms with Crippen LogP contribution in [0.1, 0.15) is 47.3 Å². The van der Waals surface area contributed by atoms with E-state index in [0.29, 0.717) is 31.5 Å². The molecule has 0 N–H and O–H groups in total. The first-order valence-electron chi connectivity index (χ1n) is 8.55. The Kier molecular flexibility index (Phi) is 4.01. The number of carbonyl (C=O) groups is 2. The molecular weight excluding hydrogens is 324 g/mol. The van der Waals surface area contributed by atoms with E-state index in [1.807, 2.05) is 18.2 Å². The van der Waals surface area contributed by atoms with Gasteiger partial charge in [-0.15, -0.1) is 0 Å². The fourth-order valence-electron chi connectivity index (χ4n) is 3.64. The SMILES string of the molecule is O=C1CCN(C(=O)c2ccc3c(Cl)c4c(nc3c2)CCCC4)CC1. The van der Waals surface area contributed by atoms with E-state index in [0.717, 1.165) is 47.3 Å². The van der Waals surface area contributed by atoms with Gasteiger partial charge in [-0.05, 0) is 43.4 Å². The second-order valence-corrected chi connectivity index (χ2v) is 7.00. The Balaban J connectivity index is 1.70. The molecule has 1 aliphatic heterocycles. The third kappa shape index (κ3) is 2.69. The average molecular weight is 343 g/mol. The van der Waals surface area contributed by atoms with Crippen molar-refractivity contribution in [3.63, 3.8) is 0 Å². The molecule has 0 unspecified atom stereocenters. The number of ketones is 1. The smallest absolute Gasteiger partial charge is 0.253 e. The van der Waals surface area contributed by atoms with Crippen LogP contribution in [0.2, 0.25) is 5.02 Å². The Morgan fingerprint density at radius 1 is 1.08 bits per heavy atom. The van der Waals surface area contributed by atoms with Crippen LogP contribution >= 0.6 is 11.6 Å². The molecule has 124 valence electrons. The normalized spacial score (nSPS) is 17.9. The van der Waals surface area contributed by atoms with Crippen LogP contribution < -0.4 is 0 Å². The summed E-state index contributed by atoms with van der Waals surface area (Å²) in [5.41, 5.74) is 3.66. The summed E-state index contributed by atoms with van der Waals surface area (Å²) in [6.45, 7) is 1.02. The largest absolute Gasteiger partial charge is 0.338 e. The van der Waals surface area contributed by atoms with Gasteiger partial charge in [0.15, 0.2) is 0 Å². The number of aromatic nitrogens is 1. The lowest BCUT2D eigenvalue weighted by Crippen LogP contribution is -2.38. The lowest BCUT2D eigenvalue weighted by atomic mass is 9.94. The molecule has 0 radical (unpaired) electrons. The molecule has 0 bridgehead atoms. The summed E-state index contributed by atoms with van der Waals surface area (Å²) in [7, 11) is 0. The summed E-state index contributed by atoms with van der Waals surface area (Å²) >= 11 is 6.58. The van der Waals surface area contributed by atoms with Gasteiger partial charge < -0.3 is 4.90 Å². The molecule has 24 heavy (non-hydrogen) atoms. The highest BCUT2D eigenvalue weighted by atomic mass is 35.5. The number of aryl methyl sites for hydroxylation is 1. The lowest BCUT2D eigenvalue weighted by molar-refractivity contribution is -0.120. The number of piperidine rings is 1. The van der Waals surface area contributed by atoms with Gasteiger partial charge in [0.1, 0.15) is 5.78 Å². The fourth-order valence-corrected chi connectivity index (χ4v) is 4.01. The van der Waals surface area contributed by atoms with Crippen molar-refractivity contribution in [2.24, 2.45) is 0 Å². The minimum atomic E-state index is -0.0277. The first-order valence-corrected chi connectivity index (χ1v) is 8.93. The predicted molar refractivity (Wildman–Crippen MR) is 93.5 cm³/mol. The van der Waals surface area contributed by atoms with Gasteiger partial charge in [0, 0.05) is 42.6 Å². The number of Topliss-reactive ketones (excluding diaryl/α,β-unsaturated/α-hetero) is 1. The van der Waals surface area contributed by atoms with Crippen molar-refractivity contribution in [1.29, 1.82) is 0 Å². The molecule has 0 spiro atoms. The van der Waals surface area contributed by atoms with Gasteiger partial charge in [-0.1, -0.05) is 17.7 Å². The second kappa shape index (κ2) is 6.17. The van der Waals surface area contributed by atoms with Crippen LogP contribution in [0.15, 0.2) is 18.2 Å². The number of pyridine rings is 1. The topological polar surface area (TPSA) is 50.3 Å². The lowest BCUT2D eigenvalue weighted by Gasteiger charge is -2.26. The highest BCUT2D eigenvalue weighted by Gasteiger charge is 2.23. The van der Waals surface area contributed by atoms with Crippen molar-refractivity contribution in [3.8, 4) is 0 Å². The van der Waals surface area contributed by atoms with E-state index in [1.165, 1.54) is 5.56 Å². The van der Waals surface area contributed by atoms with Crippen molar-refractivity contribution in [2.45, 2.75) is 38.5 Å². The van der Waals surface area contributed by atoms with Crippen LogP contribution in [-0.4, -0.2) is 34.7 Å². The third-order valence-electron chi connectivity index (χ3n) is 5.05. The van der Waals surface area contributed by atoms with Gasteiger partial charge in [-0.3, -0.25) is 14.6 Å². The van der Waals surface area contributed by atoms with Crippen molar-refractivity contribution < 1.29 is 9.59 Å². The molecule has 4 rings (SSSR count). The van der Waals surface area contributed by atoms with E-state index >= 15 is 0 Å². The van der Waals surface area contributed by atoms with Crippen LogP contribution in [0.4, 0.5) is 0 Å². The monoisotopic (exact) mass is 342 g/mol. The second-order valence-electron chi connectivity index (χ2n) is 6.62. The quantitative estimate of drug-likeness (QED) is 0.796. The Hall–Kier alpha value is -1.94. The first kappa shape index (κ1) is 15.6. The number of carbonyl (C=O) groups excluding carboxylic acids is 2. The summed E-state index contributed by atoms with van der Waals surface area (Å²) < 4.78 is 0. The zero-order valence-corrected chi connectivity index (χ0v) is 14.2. The zero-order chi connectivity index (χ0) is 16.7. The Labute approximate surface area is 145 Å². The molecule has 1 aliphatic carbocycles. The minimum Gasteiger partial charge on any atom is -0.338 e. The average Bonchev–Trinajstić information content (AvgIpc) is 2.61. The van der Waals surface area contributed by atoms with Gasteiger partial charge in [-0.25, -0.2) is 0 Å². The number of nitrogens with zero attached hydrogens (tertiary/aromatic N) is 2. The number of likely N-dealkylation sites (tertiary alicyclic amines) is 1. The Morgan fingerprint density at radius 3 is 2.62 bits per heavy atom. The molecule has 1 fully saturated rings. The minimum absolute atomic E-state index is 0.0277. The van der Waals surface area contributed by atoms with Crippen molar-refractivity contribution in [1.82, 2.24) is 9.88 Å². The third-order valence-corrected chi connectivity index (χ3v) is 5.48. The maximum atomic E-state index is 12.7. The zero-order valence-electron chi connectivity index (χ0n) is 13.5. The van der Waals surface area contributed by atoms with E-state index in [4.69, 9.17) is 16.6 Å². The summed E-state index contributed by atoms with van der Waals surface area (Å²) in [6, 6.07) is 5.57. The van der Waals surface area contributed by atoms with Gasteiger partial charge >= 0.3 is 0 Å². The van der Waals surface area contributed by atoms with Crippen LogP contribution in [0.5, 0.6) is 0 Å². The van der Waals surface area contributed by atoms with E-state index in [9.17, 15) is 9.59 Å². The summed E-state index contributed by atoms with van der Waals surface area (Å²) in [5, 5.41) is 1.71. The molecule has 1 amide bonds. The van der Waals surface area contributed by atoms with E-state index in [2.05, 4.69) is 0 Å². The van der Waals surface area contributed by atoms with Crippen molar-refractivity contribution >= 4 is 34.2 Å². The van der Waals surface area contributed by atoms with E-state index in [-0.39, 0.29) is 11.7 Å². The van der Waals surface area contributed by atoms with Crippen molar-refractivity contribution in [3.05, 3.63) is 40.0 Å². The van der Waals surface area contributed by atoms with E-state index in [1.54, 1.807) is 4.90 Å². The summed E-state index contributed by atoms with van der Waals surface area (Å²) in [4.78, 5) is 30.6. The van der Waals surface area contributed by atoms with Crippen LogP contribution in [0, 0.1) is 0 Å². The number of fused-ring (bicyclic) bond motifs is 2. The molecule has 1 aromatic heterocycles. The van der Waals surface area contributed by atoms with Gasteiger partial charge in [-0.2, -0.15) is 0 Å². The summed E-state index contributed by atoms with van der Waals surface area (Å²) in [6.07, 6.45) is 5.15. The van der Waals surface area contributed by atoms with Crippen LogP contribution in [-0.2, 0) is 17.6 Å². The Bertz CT molecular complexity index is 837. The molecule has 2 heterocycles. The first-order chi connectivity index (χ1) is 11.6. The maximum Gasteiger partial charge on any atom is 0.253 e.